The molecule has 0 saturated carbocycles. The van der Waals surface area contributed by atoms with Crippen LogP contribution in [0.4, 0.5) is 0 Å². The van der Waals surface area contributed by atoms with E-state index in [1.54, 1.807) is 23.1 Å². The molecular weight excluding hydrogens is 368 g/mol. The molecular formula is C19H24N2O7. The number of rotatable bonds is 5. The maximum absolute atomic E-state index is 13.1. The van der Waals surface area contributed by atoms with E-state index < -0.39 is 18.6 Å². The number of benzene rings is 1. The standard InChI is InChI=1S/C19H24N2O7/c1-13(22)21(12-17(23)24)11-14-10-20(6-9-26-14)19(25)15-4-2-5-16-18(15)28-8-3-7-27-16/h2,4-5,14H,3,6-12H2,1H3,(H,23,24). The Labute approximate surface area is 162 Å². The first-order chi connectivity index (χ1) is 13.5. The van der Waals surface area contributed by atoms with Gasteiger partial charge in [-0.15, -0.1) is 0 Å². The van der Waals surface area contributed by atoms with Crippen molar-refractivity contribution in [2.75, 3.05) is 46.0 Å². The Bertz CT molecular complexity index is 752. The van der Waals surface area contributed by atoms with Crippen LogP contribution in [0, 0.1) is 0 Å². The van der Waals surface area contributed by atoms with Gasteiger partial charge in [-0.05, 0) is 12.1 Å². The molecule has 0 spiro atoms. The maximum atomic E-state index is 13.1. The van der Waals surface area contributed by atoms with Crippen LogP contribution in [0.15, 0.2) is 18.2 Å². The molecule has 0 bridgehead atoms. The topological polar surface area (TPSA) is 106 Å². The lowest BCUT2D eigenvalue weighted by Gasteiger charge is -2.35. The molecule has 1 aromatic carbocycles. The van der Waals surface area contributed by atoms with Crippen LogP contribution in [0.5, 0.6) is 11.5 Å². The highest BCUT2D eigenvalue weighted by Crippen LogP contribution is 2.34. The number of morpholine rings is 1. The van der Waals surface area contributed by atoms with E-state index in [9.17, 15) is 14.4 Å². The zero-order chi connectivity index (χ0) is 20.1. The lowest BCUT2D eigenvalue weighted by atomic mass is 10.1. The molecule has 1 fully saturated rings. The van der Waals surface area contributed by atoms with Crippen molar-refractivity contribution in [1.29, 1.82) is 0 Å². The highest BCUT2D eigenvalue weighted by molar-refractivity contribution is 5.98. The van der Waals surface area contributed by atoms with Crippen LogP contribution < -0.4 is 9.47 Å². The molecule has 3 rings (SSSR count). The highest BCUT2D eigenvalue weighted by Gasteiger charge is 2.30. The van der Waals surface area contributed by atoms with Crippen LogP contribution in [0.3, 0.4) is 0 Å². The van der Waals surface area contributed by atoms with Crippen molar-refractivity contribution in [2.45, 2.75) is 19.4 Å². The number of carboxylic acid groups (broad SMARTS) is 1. The molecule has 1 atom stereocenters. The molecule has 152 valence electrons. The summed E-state index contributed by atoms with van der Waals surface area (Å²) >= 11 is 0. The number of hydrogen-bond donors (Lipinski definition) is 1. The summed E-state index contributed by atoms with van der Waals surface area (Å²) < 4.78 is 17.0. The van der Waals surface area contributed by atoms with Crippen LogP contribution in [0.25, 0.3) is 0 Å². The number of hydrogen-bond acceptors (Lipinski definition) is 6. The Morgan fingerprint density at radius 2 is 2.00 bits per heavy atom. The van der Waals surface area contributed by atoms with Gasteiger partial charge in [0.25, 0.3) is 5.91 Å². The van der Waals surface area contributed by atoms with Gasteiger partial charge in [0.15, 0.2) is 11.5 Å². The monoisotopic (exact) mass is 392 g/mol. The van der Waals surface area contributed by atoms with Crippen LogP contribution >= 0.6 is 0 Å². The first-order valence-corrected chi connectivity index (χ1v) is 9.22. The van der Waals surface area contributed by atoms with E-state index >= 15 is 0 Å². The van der Waals surface area contributed by atoms with Gasteiger partial charge < -0.3 is 29.1 Å². The smallest absolute Gasteiger partial charge is 0.323 e. The van der Waals surface area contributed by atoms with Crippen LogP contribution in [-0.4, -0.2) is 84.8 Å². The molecule has 9 nitrogen and oxygen atoms in total. The van der Waals surface area contributed by atoms with E-state index in [1.807, 2.05) is 0 Å². The van der Waals surface area contributed by atoms with Gasteiger partial charge in [0.05, 0.1) is 31.5 Å². The zero-order valence-corrected chi connectivity index (χ0v) is 15.8. The second kappa shape index (κ2) is 8.92. The fraction of sp³-hybridized carbons (Fsp3) is 0.526. The molecule has 0 aliphatic carbocycles. The van der Waals surface area contributed by atoms with E-state index in [0.717, 1.165) is 6.42 Å². The van der Waals surface area contributed by atoms with E-state index in [-0.39, 0.29) is 24.9 Å². The minimum Gasteiger partial charge on any atom is -0.490 e. The van der Waals surface area contributed by atoms with Gasteiger partial charge >= 0.3 is 5.97 Å². The summed E-state index contributed by atoms with van der Waals surface area (Å²) in [5.74, 6) is -0.652. The maximum Gasteiger partial charge on any atom is 0.323 e. The van der Waals surface area contributed by atoms with Gasteiger partial charge in [-0.25, -0.2) is 0 Å². The summed E-state index contributed by atoms with van der Waals surface area (Å²) in [5, 5.41) is 8.96. The molecule has 1 aromatic rings. The lowest BCUT2D eigenvalue weighted by Crippen LogP contribution is -2.51. The number of amides is 2. The van der Waals surface area contributed by atoms with Gasteiger partial charge in [0, 0.05) is 33.0 Å². The third-order valence-electron chi connectivity index (χ3n) is 4.62. The van der Waals surface area contributed by atoms with E-state index in [1.165, 1.54) is 11.8 Å². The number of carbonyl (C=O) groups excluding carboxylic acids is 2. The average molecular weight is 392 g/mol. The lowest BCUT2D eigenvalue weighted by molar-refractivity contribution is -0.145. The molecule has 0 aromatic heterocycles. The minimum atomic E-state index is -1.09. The number of aliphatic carboxylic acids is 1. The highest BCUT2D eigenvalue weighted by atomic mass is 16.5. The van der Waals surface area contributed by atoms with Gasteiger partial charge in [0.2, 0.25) is 5.91 Å². The minimum absolute atomic E-state index is 0.109. The SMILES string of the molecule is CC(=O)N(CC(=O)O)CC1CN(C(=O)c2cccc3c2OCCCO3)CCO1. The quantitative estimate of drug-likeness (QED) is 0.783. The zero-order valence-electron chi connectivity index (χ0n) is 15.8. The number of carboxylic acids is 1. The van der Waals surface area contributed by atoms with Gasteiger partial charge in [-0.2, -0.15) is 0 Å². The van der Waals surface area contributed by atoms with Crippen molar-refractivity contribution in [3.63, 3.8) is 0 Å². The number of para-hydroxylation sites is 1. The number of fused-ring (bicyclic) bond motifs is 1. The van der Waals surface area contributed by atoms with Crippen molar-refractivity contribution in [3.8, 4) is 11.5 Å². The summed E-state index contributed by atoms with van der Waals surface area (Å²) in [6.45, 7) is 3.00. The Morgan fingerprint density at radius 3 is 2.75 bits per heavy atom. The molecule has 1 unspecified atom stereocenters. The normalized spacial score (nSPS) is 18.9. The molecule has 1 saturated heterocycles. The Morgan fingerprint density at radius 1 is 1.21 bits per heavy atom. The van der Waals surface area contributed by atoms with Crippen molar-refractivity contribution >= 4 is 17.8 Å². The molecule has 2 aliphatic rings. The van der Waals surface area contributed by atoms with Crippen molar-refractivity contribution in [1.82, 2.24) is 9.80 Å². The Hall–Kier alpha value is -2.81. The van der Waals surface area contributed by atoms with E-state index in [0.29, 0.717) is 43.4 Å². The van der Waals surface area contributed by atoms with Crippen molar-refractivity contribution < 1.29 is 33.7 Å². The molecule has 2 aliphatic heterocycles. The summed E-state index contributed by atoms with van der Waals surface area (Å²) in [6.07, 6.45) is 0.285. The first-order valence-electron chi connectivity index (χ1n) is 9.22. The van der Waals surface area contributed by atoms with Crippen LogP contribution in [-0.2, 0) is 14.3 Å². The Kier molecular flexibility index (Phi) is 6.35. The summed E-state index contributed by atoms with van der Waals surface area (Å²) in [4.78, 5) is 38.6. The van der Waals surface area contributed by atoms with Gasteiger partial charge in [-0.1, -0.05) is 6.07 Å². The third kappa shape index (κ3) is 4.72. The van der Waals surface area contributed by atoms with Gasteiger partial charge in [-0.3, -0.25) is 14.4 Å². The van der Waals surface area contributed by atoms with Crippen molar-refractivity contribution in [2.24, 2.45) is 0 Å². The number of carbonyl (C=O) groups is 3. The van der Waals surface area contributed by atoms with Crippen molar-refractivity contribution in [3.05, 3.63) is 23.8 Å². The largest absolute Gasteiger partial charge is 0.490 e. The molecule has 0 radical (unpaired) electrons. The van der Waals surface area contributed by atoms with Crippen LogP contribution in [0.2, 0.25) is 0 Å². The predicted molar refractivity (Wildman–Crippen MR) is 97.6 cm³/mol. The Balaban J connectivity index is 1.71. The first kappa shape index (κ1) is 19.9. The third-order valence-corrected chi connectivity index (χ3v) is 4.62. The molecule has 2 amide bonds. The second-order valence-corrected chi connectivity index (χ2v) is 6.72. The van der Waals surface area contributed by atoms with E-state index in [4.69, 9.17) is 19.3 Å². The molecule has 2 heterocycles. The summed E-state index contributed by atoms with van der Waals surface area (Å²) in [6, 6.07) is 5.23. The molecule has 9 heteroatoms. The average Bonchev–Trinajstić information content (AvgIpc) is 2.92. The van der Waals surface area contributed by atoms with Gasteiger partial charge in [0.1, 0.15) is 6.54 Å². The second-order valence-electron chi connectivity index (χ2n) is 6.72. The fourth-order valence-corrected chi connectivity index (χ4v) is 3.26. The van der Waals surface area contributed by atoms with Crippen LogP contribution in [0.1, 0.15) is 23.7 Å². The molecule has 28 heavy (non-hydrogen) atoms. The summed E-state index contributed by atoms with van der Waals surface area (Å²) in [5.41, 5.74) is 0.425. The predicted octanol–water partition coefficient (Wildman–Crippen LogP) is 0.622. The number of ether oxygens (including phenoxy) is 3. The molecule has 1 N–H and O–H groups in total. The van der Waals surface area contributed by atoms with E-state index in [2.05, 4.69) is 0 Å². The summed E-state index contributed by atoms with van der Waals surface area (Å²) in [7, 11) is 0. The number of nitrogens with zero attached hydrogens (tertiary/aromatic N) is 2. The fourth-order valence-electron chi connectivity index (χ4n) is 3.26.